The second-order valence-electron chi connectivity index (χ2n) is 3.39. The van der Waals surface area contributed by atoms with E-state index < -0.39 is 38.4 Å². The van der Waals surface area contributed by atoms with Gasteiger partial charge in [0.15, 0.2) is 0 Å². The van der Waals surface area contributed by atoms with Crippen molar-refractivity contribution in [3.05, 3.63) is 0 Å². The van der Waals surface area contributed by atoms with Crippen molar-refractivity contribution in [2.24, 2.45) is 0 Å². The first-order valence-corrected chi connectivity index (χ1v) is 5.69. The Morgan fingerprint density at radius 1 is 1.11 bits per heavy atom. The third-order valence-electron chi connectivity index (χ3n) is 1.68. The molecule has 0 spiro atoms. The Balaban J connectivity index is 4.91. The Morgan fingerprint density at radius 3 is 1.78 bits per heavy atom. The molecule has 0 saturated heterocycles. The van der Waals surface area contributed by atoms with Gasteiger partial charge in [0.2, 0.25) is 0 Å². The highest BCUT2D eigenvalue weighted by atomic mass is 31.2. The summed E-state index contributed by atoms with van der Waals surface area (Å²) in [6, 6.07) is 0. The van der Waals surface area contributed by atoms with Gasteiger partial charge in [-0.25, -0.2) is 4.57 Å². The Hall–Kier alpha value is -0.380. The minimum atomic E-state index is -6.49. The van der Waals surface area contributed by atoms with E-state index in [0.717, 1.165) is 0 Å². The van der Waals surface area contributed by atoms with Gasteiger partial charge in [0.1, 0.15) is 0 Å². The third-order valence-corrected chi connectivity index (χ3v) is 2.31. The molecule has 0 fully saturated rings. The number of hydrogen-bond acceptors (Lipinski definition) is 2. The average molecular weight is 308 g/mol. The summed E-state index contributed by atoms with van der Waals surface area (Å²) in [5, 5.41) is 0. The van der Waals surface area contributed by atoms with Crippen molar-refractivity contribution in [1.29, 1.82) is 0 Å². The van der Waals surface area contributed by atoms with E-state index in [2.05, 4.69) is 4.52 Å². The van der Waals surface area contributed by atoms with E-state index in [1.54, 1.807) is 0 Å². The van der Waals surface area contributed by atoms with E-state index in [1.807, 2.05) is 0 Å². The fraction of sp³-hybridized carbons (Fsp3) is 1.00. The number of phosphoric acid groups is 1. The van der Waals surface area contributed by atoms with Crippen molar-refractivity contribution in [2.45, 2.75) is 37.5 Å². The van der Waals surface area contributed by atoms with Crippen LogP contribution in [0.1, 0.15) is 13.3 Å². The molecular formula is C6H8F7O4P. The molecule has 0 radical (unpaired) electrons. The molecule has 4 nitrogen and oxygen atoms in total. The van der Waals surface area contributed by atoms with Gasteiger partial charge in [-0.1, -0.05) is 0 Å². The SMILES string of the molecule is CC(CC(F)(F)C(F)(F)C(F)(F)F)OP(=O)(O)O. The molecule has 0 aliphatic heterocycles. The summed E-state index contributed by atoms with van der Waals surface area (Å²) in [4.78, 5) is 16.4. The fourth-order valence-electron chi connectivity index (χ4n) is 0.968. The van der Waals surface area contributed by atoms with Crippen LogP contribution < -0.4 is 0 Å². The molecule has 0 aromatic rings. The Bertz CT molecular complexity index is 335. The highest BCUT2D eigenvalue weighted by molar-refractivity contribution is 7.46. The molecule has 0 amide bonds. The van der Waals surface area contributed by atoms with Crippen molar-refractivity contribution < 1.29 is 49.6 Å². The quantitative estimate of drug-likeness (QED) is 0.605. The lowest BCUT2D eigenvalue weighted by atomic mass is 10.1. The van der Waals surface area contributed by atoms with Gasteiger partial charge in [0.25, 0.3) is 0 Å². The van der Waals surface area contributed by atoms with E-state index in [1.165, 1.54) is 0 Å². The molecule has 0 aromatic carbocycles. The molecule has 12 heteroatoms. The van der Waals surface area contributed by atoms with Crippen molar-refractivity contribution in [3.8, 4) is 0 Å². The molecule has 0 saturated carbocycles. The first-order valence-electron chi connectivity index (χ1n) is 4.16. The summed E-state index contributed by atoms with van der Waals surface area (Å²) in [5.41, 5.74) is 0. The van der Waals surface area contributed by atoms with Crippen molar-refractivity contribution in [1.82, 2.24) is 0 Å². The van der Waals surface area contributed by atoms with Crippen LogP contribution in [-0.2, 0) is 9.09 Å². The second kappa shape index (κ2) is 4.95. The molecule has 0 aromatic heterocycles. The molecule has 0 rings (SSSR count). The zero-order chi connectivity index (χ0) is 15.0. The summed E-state index contributed by atoms with van der Waals surface area (Å²) in [5.74, 6) is -11.9. The Kier molecular flexibility index (Phi) is 4.85. The molecule has 2 N–H and O–H groups in total. The maximum Gasteiger partial charge on any atom is 0.469 e. The summed E-state index contributed by atoms with van der Waals surface area (Å²) in [7, 11) is -5.26. The zero-order valence-electron chi connectivity index (χ0n) is 8.59. The van der Waals surface area contributed by atoms with Gasteiger partial charge < -0.3 is 9.79 Å². The lowest BCUT2D eigenvalue weighted by molar-refractivity contribution is -0.357. The molecule has 1 atom stereocenters. The molecule has 18 heavy (non-hydrogen) atoms. The minimum Gasteiger partial charge on any atom is -0.303 e. The summed E-state index contributed by atoms with van der Waals surface area (Å²) in [6.07, 6.45) is -10.9. The van der Waals surface area contributed by atoms with Crippen LogP contribution in [0, 0.1) is 0 Å². The van der Waals surface area contributed by atoms with Crippen LogP contribution in [0.2, 0.25) is 0 Å². The molecule has 0 aliphatic rings. The first-order chi connectivity index (χ1) is 7.60. The van der Waals surface area contributed by atoms with E-state index in [-0.39, 0.29) is 0 Å². The summed E-state index contributed by atoms with van der Waals surface area (Å²) >= 11 is 0. The average Bonchev–Trinajstić information content (AvgIpc) is 1.95. The third kappa shape index (κ3) is 4.38. The van der Waals surface area contributed by atoms with Crippen molar-refractivity contribution in [3.63, 3.8) is 0 Å². The van der Waals surface area contributed by atoms with Gasteiger partial charge in [-0.2, -0.15) is 30.7 Å². The van der Waals surface area contributed by atoms with Crippen LogP contribution in [0.5, 0.6) is 0 Å². The highest BCUT2D eigenvalue weighted by Gasteiger charge is 2.72. The maximum absolute atomic E-state index is 12.7. The first kappa shape index (κ1) is 17.6. The zero-order valence-corrected chi connectivity index (χ0v) is 9.48. The number of phosphoric ester groups is 1. The van der Waals surface area contributed by atoms with Crippen LogP contribution in [0.15, 0.2) is 0 Å². The van der Waals surface area contributed by atoms with Gasteiger partial charge in [-0.05, 0) is 6.92 Å². The summed E-state index contributed by atoms with van der Waals surface area (Å²) in [6.45, 7) is 0.527. The number of alkyl halides is 7. The predicted molar refractivity (Wildman–Crippen MR) is 43.2 cm³/mol. The predicted octanol–water partition coefficient (Wildman–Crippen LogP) is 2.71. The van der Waals surface area contributed by atoms with Crippen molar-refractivity contribution in [2.75, 3.05) is 0 Å². The van der Waals surface area contributed by atoms with E-state index in [0.29, 0.717) is 6.92 Å². The molecule has 0 bridgehead atoms. The van der Waals surface area contributed by atoms with Gasteiger partial charge >= 0.3 is 25.8 Å². The standard InChI is InChI=1S/C6H8F7O4P/c1-3(17-18(14,15)16)2-4(7,8)5(9,10)6(11,12)13/h3H,2H2,1H3,(H2,14,15,16). The molecule has 0 heterocycles. The minimum absolute atomic E-state index is 0.527. The van der Waals surface area contributed by atoms with Crippen LogP contribution >= 0.6 is 7.82 Å². The normalized spacial score (nSPS) is 16.8. The Morgan fingerprint density at radius 2 is 1.50 bits per heavy atom. The maximum atomic E-state index is 12.7. The molecule has 110 valence electrons. The van der Waals surface area contributed by atoms with E-state index in [4.69, 9.17) is 9.79 Å². The van der Waals surface area contributed by atoms with E-state index >= 15 is 0 Å². The number of halogens is 7. The van der Waals surface area contributed by atoms with Crippen molar-refractivity contribution >= 4 is 7.82 Å². The monoisotopic (exact) mass is 308 g/mol. The van der Waals surface area contributed by atoms with Crippen LogP contribution in [0.4, 0.5) is 30.7 Å². The largest absolute Gasteiger partial charge is 0.469 e. The number of hydrogen-bond donors (Lipinski definition) is 2. The van der Waals surface area contributed by atoms with Crippen LogP contribution in [0.3, 0.4) is 0 Å². The van der Waals surface area contributed by atoms with Crippen LogP contribution in [0.25, 0.3) is 0 Å². The Labute approximate surface area is 96.0 Å². The fourth-order valence-corrected chi connectivity index (χ4v) is 1.51. The molecule has 0 aliphatic carbocycles. The smallest absolute Gasteiger partial charge is 0.303 e. The van der Waals surface area contributed by atoms with Gasteiger partial charge in [0, 0.05) is 6.42 Å². The summed E-state index contributed by atoms with van der Waals surface area (Å²) < 4.78 is 99.0. The highest BCUT2D eigenvalue weighted by Crippen LogP contribution is 2.49. The molecular weight excluding hydrogens is 300 g/mol. The number of rotatable bonds is 5. The topological polar surface area (TPSA) is 66.8 Å². The van der Waals surface area contributed by atoms with Gasteiger partial charge in [0.05, 0.1) is 6.10 Å². The lowest BCUT2D eigenvalue weighted by Gasteiger charge is -2.29. The second-order valence-corrected chi connectivity index (χ2v) is 4.58. The lowest BCUT2D eigenvalue weighted by Crippen LogP contribution is -2.53. The van der Waals surface area contributed by atoms with Gasteiger partial charge in [-0.3, -0.25) is 4.52 Å². The molecule has 1 unspecified atom stereocenters. The van der Waals surface area contributed by atoms with Crippen LogP contribution in [-0.4, -0.2) is 33.9 Å². The van der Waals surface area contributed by atoms with E-state index in [9.17, 15) is 35.3 Å². The van der Waals surface area contributed by atoms with Gasteiger partial charge in [-0.15, -0.1) is 0 Å².